The van der Waals surface area contributed by atoms with Gasteiger partial charge in [-0.25, -0.2) is 0 Å². The summed E-state index contributed by atoms with van der Waals surface area (Å²) < 4.78 is 45.5. The minimum absolute atomic E-state index is 0. The second kappa shape index (κ2) is 8.62. The molecule has 1 aromatic heterocycles. The molecule has 10 heteroatoms. The van der Waals surface area contributed by atoms with Crippen molar-refractivity contribution >= 4 is 24.0 Å². The number of anilines is 1. The number of hydrogen-bond acceptors (Lipinski definition) is 4. The molecule has 0 spiro atoms. The fraction of sp³-hybridized carbons (Fsp3) is 0.412. The van der Waals surface area contributed by atoms with E-state index in [0.29, 0.717) is 6.42 Å². The molecule has 6 nitrogen and oxygen atoms in total. The second-order valence-corrected chi connectivity index (χ2v) is 6.02. The lowest BCUT2D eigenvalue weighted by molar-refractivity contribution is -0.137. The first-order valence-corrected chi connectivity index (χ1v) is 8.17. The first-order valence-electron chi connectivity index (χ1n) is 8.17. The van der Waals surface area contributed by atoms with E-state index in [4.69, 9.17) is 4.74 Å². The number of carbonyl (C=O) groups is 1. The molecule has 27 heavy (non-hydrogen) atoms. The average Bonchev–Trinajstić information content (AvgIpc) is 3.02. The lowest BCUT2D eigenvalue weighted by Gasteiger charge is -2.13. The summed E-state index contributed by atoms with van der Waals surface area (Å²) in [5.74, 6) is -0.347. The van der Waals surface area contributed by atoms with Gasteiger partial charge in [-0.3, -0.25) is 9.48 Å². The molecule has 0 atom stereocenters. The molecule has 0 fully saturated rings. The van der Waals surface area contributed by atoms with E-state index >= 15 is 0 Å². The van der Waals surface area contributed by atoms with Crippen LogP contribution in [0, 0.1) is 0 Å². The quantitative estimate of drug-likeness (QED) is 0.804. The molecule has 0 saturated carbocycles. The summed E-state index contributed by atoms with van der Waals surface area (Å²) >= 11 is 0. The van der Waals surface area contributed by atoms with Crippen LogP contribution in [0.1, 0.15) is 23.4 Å². The molecular weight excluding hydrogens is 385 g/mol. The van der Waals surface area contributed by atoms with Gasteiger partial charge in [-0.15, -0.1) is 12.4 Å². The molecule has 1 aromatic carbocycles. The number of nitrogens with one attached hydrogen (secondary N) is 2. The first kappa shape index (κ1) is 21.0. The molecule has 0 radical (unpaired) electrons. The van der Waals surface area contributed by atoms with Crippen LogP contribution in [0.4, 0.5) is 18.9 Å². The van der Waals surface area contributed by atoms with Crippen molar-refractivity contribution in [2.75, 3.05) is 19.0 Å². The number of carbonyl (C=O) groups excluding carboxylic acids is 1. The van der Waals surface area contributed by atoms with Crippen LogP contribution in [0.3, 0.4) is 0 Å². The number of nitrogens with zero attached hydrogens (tertiary/aromatic N) is 2. The standard InChI is InChI=1S/C17H19F3N4O2.ClH/c1-26-15-7-11(17(18,19)20)6-13(9-15)22-16(25)3-2-12-8-14-10-21-4-5-24(14)23-12;/h6-9,21H,2-5,10H2,1H3,(H,22,25);1H. The summed E-state index contributed by atoms with van der Waals surface area (Å²) in [5, 5.41) is 10.2. The summed E-state index contributed by atoms with van der Waals surface area (Å²) in [6, 6.07) is 5.07. The van der Waals surface area contributed by atoms with E-state index in [9.17, 15) is 18.0 Å². The Kier molecular flexibility index (Phi) is 6.72. The number of halogens is 4. The van der Waals surface area contributed by atoms with E-state index < -0.39 is 11.7 Å². The lowest BCUT2D eigenvalue weighted by Crippen LogP contribution is -2.28. The first-order chi connectivity index (χ1) is 12.3. The molecule has 2 heterocycles. The van der Waals surface area contributed by atoms with E-state index in [-0.39, 0.29) is 36.2 Å². The third kappa shape index (κ3) is 5.36. The highest BCUT2D eigenvalue weighted by molar-refractivity contribution is 5.91. The van der Waals surface area contributed by atoms with Gasteiger partial charge in [0.15, 0.2) is 0 Å². The summed E-state index contributed by atoms with van der Waals surface area (Å²) in [6.07, 6.45) is -3.97. The van der Waals surface area contributed by atoms with Crippen molar-refractivity contribution in [1.29, 1.82) is 0 Å². The third-order valence-corrected chi connectivity index (χ3v) is 4.08. The monoisotopic (exact) mass is 404 g/mol. The zero-order valence-electron chi connectivity index (χ0n) is 14.6. The molecule has 3 rings (SSSR count). The molecule has 0 bridgehead atoms. The Morgan fingerprint density at radius 2 is 2.11 bits per heavy atom. The Balaban J connectivity index is 0.00000261. The van der Waals surface area contributed by atoms with Gasteiger partial charge in [-0.2, -0.15) is 18.3 Å². The number of rotatable bonds is 5. The van der Waals surface area contributed by atoms with E-state index in [1.54, 1.807) is 0 Å². The van der Waals surface area contributed by atoms with Crippen molar-refractivity contribution < 1.29 is 22.7 Å². The predicted octanol–water partition coefficient (Wildman–Crippen LogP) is 3.01. The molecule has 0 saturated heterocycles. The SMILES string of the molecule is COc1cc(NC(=O)CCc2cc3n(n2)CCNC3)cc(C(F)(F)F)c1.Cl. The van der Waals surface area contributed by atoms with Gasteiger partial charge < -0.3 is 15.4 Å². The molecular formula is C17H20ClF3N4O2. The van der Waals surface area contributed by atoms with Crippen molar-refractivity contribution in [3.63, 3.8) is 0 Å². The Morgan fingerprint density at radius 3 is 2.78 bits per heavy atom. The fourth-order valence-electron chi connectivity index (χ4n) is 2.79. The number of aromatic nitrogens is 2. The van der Waals surface area contributed by atoms with E-state index in [1.165, 1.54) is 13.2 Å². The molecule has 1 aliphatic rings. The topological polar surface area (TPSA) is 68.2 Å². The van der Waals surface area contributed by atoms with Crippen LogP contribution < -0.4 is 15.4 Å². The van der Waals surface area contributed by atoms with Gasteiger partial charge in [-0.1, -0.05) is 0 Å². The fourth-order valence-corrected chi connectivity index (χ4v) is 2.79. The largest absolute Gasteiger partial charge is 0.497 e. The minimum Gasteiger partial charge on any atom is -0.497 e. The second-order valence-electron chi connectivity index (χ2n) is 6.02. The zero-order valence-corrected chi connectivity index (χ0v) is 15.4. The highest BCUT2D eigenvalue weighted by atomic mass is 35.5. The molecule has 2 aromatic rings. The van der Waals surface area contributed by atoms with Crippen LogP contribution in [-0.2, 0) is 30.5 Å². The Bertz CT molecular complexity index is 784. The zero-order chi connectivity index (χ0) is 18.7. The smallest absolute Gasteiger partial charge is 0.416 e. The van der Waals surface area contributed by atoms with Crippen molar-refractivity contribution in [1.82, 2.24) is 15.1 Å². The minimum atomic E-state index is -4.52. The van der Waals surface area contributed by atoms with Crippen LogP contribution in [0.25, 0.3) is 0 Å². The molecule has 0 aliphatic carbocycles. The molecule has 2 N–H and O–H groups in total. The maximum absolute atomic E-state index is 12.9. The number of amides is 1. The Hall–Kier alpha value is -2.26. The Morgan fingerprint density at radius 1 is 1.33 bits per heavy atom. The van der Waals surface area contributed by atoms with Gasteiger partial charge in [0.1, 0.15) is 5.75 Å². The van der Waals surface area contributed by atoms with E-state index in [0.717, 1.165) is 43.2 Å². The number of fused-ring (bicyclic) bond motifs is 1. The number of methoxy groups -OCH3 is 1. The molecule has 1 amide bonds. The normalized spacial score (nSPS) is 13.5. The third-order valence-electron chi connectivity index (χ3n) is 4.08. The number of hydrogen-bond donors (Lipinski definition) is 2. The van der Waals surface area contributed by atoms with Crippen molar-refractivity contribution in [3.8, 4) is 5.75 Å². The Labute approximate surface area is 160 Å². The molecule has 148 valence electrons. The number of aryl methyl sites for hydroxylation is 1. The van der Waals surface area contributed by atoms with Gasteiger partial charge >= 0.3 is 6.18 Å². The van der Waals surface area contributed by atoms with Crippen molar-refractivity contribution in [2.24, 2.45) is 0 Å². The van der Waals surface area contributed by atoms with Crippen molar-refractivity contribution in [2.45, 2.75) is 32.1 Å². The van der Waals surface area contributed by atoms with Gasteiger partial charge in [0.05, 0.1) is 30.6 Å². The van der Waals surface area contributed by atoms with Gasteiger partial charge in [0.25, 0.3) is 0 Å². The maximum Gasteiger partial charge on any atom is 0.416 e. The van der Waals surface area contributed by atoms with Crippen LogP contribution >= 0.6 is 12.4 Å². The number of alkyl halides is 3. The van der Waals surface area contributed by atoms with Crippen LogP contribution in [0.15, 0.2) is 24.3 Å². The van der Waals surface area contributed by atoms with Gasteiger partial charge in [0, 0.05) is 37.7 Å². The maximum atomic E-state index is 12.9. The van der Waals surface area contributed by atoms with E-state index in [2.05, 4.69) is 15.7 Å². The van der Waals surface area contributed by atoms with Crippen LogP contribution in [0.5, 0.6) is 5.75 Å². The summed E-state index contributed by atoms with van der Waals surface area (Å²) in [4.78, 5) is 12.1. The summed E-state index contributed by atoms with van der Waals surface area (Å²) in [6.45, 7) is 2.38. The van der Waals surface area contributed by atoms with Gasteiger partial charge in [-0.05, 0) is 18.2 Å². The summed E-state index contributed by atoms with van der Waals surface area (Å²) in [5.41, 5.74) is 1.03. The lowest BCUT2D eigenvalue weighted by atomic mass is 10.1. The highest BCUT2D eigenvalue weighted by Gasteiger charge is 2.31. The molecule has 1 aliphatic heterocycles. The van der Waals surface area contributed by atoms with Crippen LogP contribution in [-0.4, -0.2) is 29.3 Å². The number of benzene rings is 1. The predicted molar refractivity (Wildman–Crippen MR) is 96.1 cm³/mol. The molecule has 0 unspecified atom stereocenters. The van der Waals surface area contributed by atoms with Crippen molar-refractivity contribution in [3.05, 3.63) is 41.2 Å². The van der Waals surface area contributed by atoms with Gasteiger partial charge in [0.2, 0.25) is 5.91 Å². The van der Waals surface area contributed by atoms with E-state index in [1.807, 2.05) is 10.7 Å². The average molecular weight is 405 g/mol. The summed E-state index contributed by atoms with van der Waals surface area (Å²) in [7, 11) is 1.27. The highest BCUT2D eigenvalue weighted by Crippen LogP contribution is 2.34. The number of ether oxygens (including phenoxy) is 1. The van der Waals surface area contributed by atoms with Crippen LogP contribution in [0.2, 0.25) is 0 Å².